The third kappa shape index (κ3) is 1.71. The molecule has 6 nitrogen and oxygen atoms in total. The largest absolute Gasteiger partial charge is 0.469 e. The number of nitrogens with zero attached hydrogens (tertiary/aromatic N) is 4. The maximum atomic E-state index is 5.35. The number of furan rings is 1. The van der Waals surface area contributed by atoms with Crippen molar-refractivity contribution in [2.24, 2.45) is 0 Å². The van der Waals surface area contributed by atoms with Crippen molar-refractivity contribution in [1.82, 2.24) is 19.6 Å². The molecular weight excluding hydrogens is 230 g/mol. The fourth-order valence-corrected chi connectivity index (χ4v) is 1.92. The van der Waals surface area contributed by atoms with E-state index in [4.69, 9.17) is 4.42 Å². The van der Waals surface area contributed by atoms with Crippen molar-refractivity contribution in [3.8, 4) is 0 Å². The molecule has 0 bridgehead atoms. The highest BCUT2D eigenvalue weighted by Gasteiger charge is 2.11. The Morgan fingerprint density at radius 2 is 2.28 bits per heavy atom. The molecule has 0 atom stereocenters. The lowest BCUT2D eigenvalue weighted by atomic mass is 10.2. The van der Waals surface area contributed by atoms with E-state index < -0.39 is 0 Å². The summed E-state index contributed by atoms with van der Waals surface area (Å²) in [5.74, 6) is 2.29. The molecule has 0 saturated heterocycles. The summed E-state index contributed by atoms with van der Waals surface area (Å²) in [6.45, 7) is 1.87. The highest BCUT2D eigenvalue weighted by Crippen LogP contribution is 2.16. The molecule has 6 heteroatoms. The Balaban J connectivity index is 2.11. The summed E-state index contributed by atoms with van der Waals surface area (Å²) in [6.07, 6.45) is 4.14. The molecule has 0 fully saturated rings. The molecule has 0 aliphatic heterocycles. The van der Waals surface area contributed by atoms with E-state index in [0.717, 1.165) is 17.0 Å². The lowest BCUT2D eigenvalue weighted by Crippen LogP contribution is -2.06. The van der Waals surface area contributed by atoms with Crippen molar-refractivity contribution in [3.05, 3.63) is 41.7 Å². The van der Waals surface area contributed by atoms with Crippen LogP contribution in [0.2, 0.25) is 0 Å². The van der Waals surface area contributed by atoms with E-state index in [1.54, 1.807) is 17.0 Å². The Morgan fingerprint density at radius 3 is 3.00 bits per heavy atom. The lowest BCUT2D eigenvalue weighted by Gasteiger charge is -2.03. The summed E-state index contributed by atoms with van der Waals surface area (Å²) in [6, 6.07) is 3.82. The summed E-state index contributed by atoms with van der Waals surface area (Å²) in [5, 5.41) is 7.31. The van der Waals surface area contributed by atoms with Gasteiger partial charge in [-0.25, -0.2) is 4.98 Å². The van der Waals surface area contributed by atoms with Crippen molar-refractivity contribution in [1.29, 1.82) is 0 Å². The molecule has 18 heavy (non-hydrogen) atoms. The fourth-order valence-electron chi connectivity index (χ4n) is 1.92. The van der Waals surface area contributed by atoms with Crippen LogP contribution in [-0.4, -0.2) is 26.6 Å². The predicted octanol–water partition coefficient (Wildman–Crippen LogP) is 1.66. The van der Waals surface area contributed by atoms with Gasteiger partial charge in [0.2, 0.25) is 5.95 Å². The van der Waals surface area contributed by atoms with Gasteiger partial charge in [-0.2, -0.15) is 14.6 Å². The van der Waals surface area contributed by atoms with Gasteiger partial charge in [0.05, 0.1) is 12.5 Å². The first-order valence-corrected chi connectivity index (χ1v) is 5.69. The number of aryl methyl sites for hydroxylation is 1. The third-order valence-corrected chi connectivity index (χ3v) is 2.72. The Morgan fingerprint density at radius 1 is 1.39 bits per heavy atom. The number of hydrogen-bond acceptors (Lipinski definition) is 5. The van der Waals surface area contributed by atoms with Crippen LogP contribution in [0.15, 0.2) is 29.0 Å². The first-order chi connectivity index (χ1) is 8.78. The van der Waals surface area contributed by atoms with Crippen LogP contribution in [0.25, 0.3) is 5.65 Å². The van der Waals surface area contributed by atoms with Crippen LogP contribution in [0.3, 0.4) is 0 Å². The van der Waals surface area contributed by atoms with Gasteiger partial charge < -0.3 is 9.73 Å². The summed E-state index contributed by atoms with van der Waals surface area (Å²) in [5.41, 5.74) is 1.83. The number of hydrogen-bond donors (Lipinski definition) is 1. The molecule has 92 valence electrons. The number of nitrogens with one attached hydrogen (secondary N) is 1. The highest BCUT2D eigenvalue weighted by atomic mass is 16.3. The molecule has 3 aromatic rings. The maximum Gasteiger partial charge on any atom is 0.227 e. The van der Waals surface area contributed by atoms with Crippen LogP contribution < -0.4 is 5.32 Å². The smallest absolute Gasteiger partial charge is 0.227 e. The van der Waals surface area contributed by atoms with Gasteiger partial charge in [-0.15, -0.1) is 0 Å². The van der Waals surface area contributed by atoms with Crippen LogP contribution >= 0.6 is 0 Å². The van der Waals surface area contributed by atoms with E-state index in [1.807, 2.05) is 26.1 Å². The number of fused-ring (bicyclic) bond motifs is 1. The molecule has 0 saturated carbocycles. The Kier molecular flexibility index (Phi) is 2.47. The summed E-state index contributed by atoms with van der Waals surface area (Å²) in [7, 11) is 1.81. The maximum absolute atomic E-state index is 5.35. The zero-order valence-electron chi connectivity index (χ0n) is 10.2. The van der Waals surface area contributed by atoms with E-state index in [-0.39, 0.29) is 0 Å². The van der Waals surface area contributed by atoms with Crippen LogP contribution in [0.5, 0.6) is 0 Å². The van der Waals surface area contributed by atoms with E-state index in [1.165, 1.54) is 0 Å². The van der Waals surface area contributed by atoms with Gasteiger partial charge in [-0.3, -0.25) is 0 Å². The van der Waals surface area contributed by atoms with E-state index in [0.29, 0.717) is 18.2 Å². The molecule has 0 unspecified atom stereocenters. The number of anilines is 1. The minimum Gasteiger partial charge on any atom is -0.469 e. The topological polar surface area (TPSA) is 68.2 Å². The second kappa shape index (κ2) is 4.14. The molecule has 3 heterocycles. The van der Waals surface area contributed by atoms with Gasteiger partial charge >= 0.3 is 0 Å². The van der Waals surface area contributed by atoms with Crippen molar-refractivity contribution >= 4 is 11.6 Å². The molecule has 0 spiro atoms. The summed E-state index contributed by atoms with van der Waals surface area (Å²) >= 11 is 0. The third-order valence-electron chi connectivity index (χ3n) is 2.72. The van der Waals surface area contributed by atoms with Crippen LogP contribution in [0.1, 0.15) is 17.1 Å². The Labute approximate surface area is 104 Å². The van der Waals surface area contributed by atoms with Gasteiger partial charge in [0.25, 0.3) is 0 Å². The van der Waals surface area contributed by atoms with Gasteiger partial charge in [0, 0.05) is 19.0 Å². The molecule has 3 aromatic heterocycles. The van der Waals surface area contributed by atoms with E-state index >= 15 is 0 Å². The zero-order valence-corrected chi connectivity index (χ0v) is 10.2. The Bertz CT molecular complexity index is 671. The zero-order chi connectivity index (χ0) is 12.5. The average molecular weight is 243 g/mol. The van der Waals surface area contributed by atoms with E-state index in [2.05, 4.69) is 20.4 Å². The first-order valence-electron chi connectivity index (χ1n) is 5.69. The standard InChI is InChI=1S/C12H13N5O/c1-8-15-11-9(6-10-4-3-5-18-10)7-14-17(11)12(13-2)16-8/h3-5,7H,6H2,1-2H3,(H,13,15,16). The van der Waals surface area contributed by atoms with E-state index in [9.17, 15) is 0 Å². The van der Waals surface area contributed by atoms with Crippen molar-refractivity contribution in [3.63, 3.8) is 0 Å². The molecule has 0 amide bonds. The molecule has 0 aliphatic rings. The normalized spacial score (nSPS) is 11.0. The molecule has 3 rings (SSSR count). The summed E-state index contributed by atoms with van der Waals surface area (Å²) < 4.78 is 7.05. The van der Waals surface area contributed by atoms with Crippen molar-refractivity contribution in [2.75, 3.05) is 12.4 Å². The second-order valence-corrected chi connectivity index (χ2v) is 4.01. The second-order valence-electron chi connectivity index (χ2n) is 4.01. The first kappa shape index (κ1) is 10.8. The van der Waals surface area contributed by atoms with Gasteiger partial charge in [0.1, 0.15) is 11.6 Å². The minimum absolute atomic E-state index is 0.677. The van der Waals surface area contributed by atoms with Crippen LogP contribution in [0.4, 0.5) is 5.95 Å². The molecule has 0 aromatic carbocycles. The monoisotopic (exact) mass is 243 g/mol. The molecule has 0 radical (unpaired) electrons. The molecular formula is C12H13N5O. The summed E-state index contributed by atoms with van der Waals surface area (Å²) in [4.78, 5) is 8.72. The van der Waals surface area contributed by atoms with Gasteiger partial charge in [-0.05, 0) is 19.1 Å². The highest BCUT2D eigenvalue weighted by molar-refractivity contribution is 5.51. The molecule has 0 aliphatic carbocycles. The minimum atomic E-state index is 0.677. The quantitative estimate of drug-likeness (QED) is 0.757. The number of rotatable bonds is 3. The number of aromatic nitrogens is 4. The molecule has 1 N–H and O–H groups in total. The Hall–Kier alpha value is -2.37. The predicted molar refractivity (Wildman–Crippen MR) is 66.6 cm³/mol. The lowest BCUT2D eigenvalue weighted by molar-refractivity contribution is 0.521. The van der Waals surface area contributed by atoms with Crippen LogP contribution in [0, 0.1) is 6.92 Å². The SMILES string of the molecule is CNc1nc(C)nc2c(Cc3ccco3)cnn12. The van der Waals surface area contributed by atoms with Gasteiger partial charge in [0.15, 0.2) is 5.65 Å². The van der Waals surface area contributed by atoms with Crippen LogP contribution in [-0.2, 0) is 6.42 Å². The fraction of sp³-hybridized carbons (Fsp3) is 0.250. The van der Waals surface area contributed by atoms with Crippen molar-refractivity contribution in [2.45, 2.75) is 13.3 Å². The van der Waals surface area contributed by atoms with Gasteiger partial charge in [-0.1, -0.05) is 0 Å². The average Bonchev–Trinajstić information content (AvgIpc) is 2.99. The van der Waals surface area contributed by atoms with Crippen molar-refractivity contribution < 1.29 is 4.42 Å².